The van der Waals surface area contributed by atoms with Crippen molar-refractivity contribution in [1.29, 1.82) is 0 Å². The summed E-state index contributed by atoms with van der Waals surface area (Å²) in [5, 5.41) is -0.109. The van der Waals surface area contributed by atoms with Crippen molar-refractivity contribution >= 4 is 11.6 Å². The zero-order valence-corrected chi connectivity index (χ0v) is 7.14. The van der Waals surface area contributed by atoms with Crippen molar-refractivity contribution in [2.24, 2.45) is 0 Å². The highest BCUT2D eigenvalue weighted by molar-refractivity contribution is 6.20. The highest BCUT2D eigenvalue weighted by Gasteiger charge is 2.27. The summed E-state index contributed by atoms with van der Waals surface area (Å²) in [6.07, 6.45) is 4.28. The lowest BCUT2D eigenvalue weighted by molar-refractivity contribution is 0.457. The van der Waals surface area contributed by atoms with Gasteiger partial charge < -0.3 is 4.42 Å². The van der Waals surface area contributed by atoms with Crippen molar-refractivity contribution < 1.29 is 4.42 Å². The number of alkyl halides is 1. The maximum absolute atomic E-state index is 5.79. The van der Waals surface area contributed by atoms with Crippen molar-refractivity contribution in [3.8, 4) is 0 Å². The Morgan fingerprint density at radius 3 is 2.91 bits per heavy atom. The standard InChI is InChI=1S/C8H10ClNO/c1-5(9)8-10-4-7(11-8)6-2-3-6/h4-6H,2-3H2,1H3. The maximum Gasteiger partial charge on any atom is 0.212 e. The van der Waals surface area contributed by atoms with Crippen LogP contribution in [0.25, 0.3) is 0 Å². The average Bonchev–Trinajstić information content (AvgIpc) is 2.68. The second-order valence-electron chi connectivity index (χ2n) is 2.99. The van der Waals surface area contributed by atoms with Gasteiger partial charge in [0.05, 0.1) is 6.20 Å². The Hall–Kier alpha value is -0.500. The van der Waals surface area contributed by atoms with Gasteiger partial charge in [0.2, 0.25) is 5.89 Å². The Balaban J connectivity index is 2.18. The van der Waals surface area contributed by atoms with Crippen LogP contribution in [0, 0.1) is 0 Å². The normalized spacial score (nSPS) is 20.2. The number of hydrogen-bond acceptors (Lipinski definition) is 2. The van der Waals surface area contributed by atoms with Gasteiger partial charge in [0, 0.05) is 5.92 Å². The van der Waals surface area contributed by atoms with E-state index in [1.807, 2.05) is 6.92 Å². The molecule has 1 heterocycles. The van der Waals surface area contributed by atoms with E-state index < -0.39 is 0 Å². The predicted octanol–water partition coefficient (Wildman–Crippen LogP) is 2.85. The lowest BCUT2D eigenvalue weighted by Gasteiger charge is -1.93. The summed E-state index contributed by atoms with van der Waals surface area (Å²) in [6.45, 7) is 1.87. The number of aromatic nitrogens is 1. The van der Waals surface area contributed by atoms with Gasteiger partial charge in [-0.05, 0) is 19.8 Å². The predicted molar refractivity (Wildman–Crippen MR) is 42.7 cm³/mol. The minimum atomic E-state index is -0.109. The Labute approximate surface area is 70.6 Å². The average molecular weight is 172 g/mol. The highest BCUT2D eigenvalue weighted by atomic mass is 35.5. The largest absolute Gasteiger partial charge is 0.444 e. The Kier molecular flexibility index (Phi) is 1.64. The molecule has 0 aromatic carbocycles. The molecular weight excluding hydrogens is 162 g/mol. The third-order valence-electron chi connectivity index (χ3n) is 1.86. The molecule has 1 atom stereocenters. The fourth-order valence-electron chi connectivity index (χ4n) is 1.04. The zero-order valence-electron chi connectivity index (χ0n) is 6.38. The first kappa shape index (κ1) is 7.17. The number of oxazole rings is 1. The van der Waals surface area contributed by atoms with Gasteiger partial charge in [0.25, 0.3) is 0 Å². The van der Waals surface area contributed by atoms with E-state index in [0.717, 1.165) is 5.76 Å². The molecule has 2 nitrogen and oxygen atoms in total. The molecule has 0 saturated heterocycles. The molecule has 1 saturated carbocycles. The van der Waals surface area contributed by atoms with Crippen LogP contribution in [0.3, 0.4) is 0 Å². The van der Waals surface area contributed by atoms with E-state index in [0.29, 0.717) is 11.8 Å². The number of halogens is 1. The number of hydrogen-bond donors (Lipinski definition) is 0. The topological polar surface area (TPSA) is 26.0 Å². The van der Waals surface area contributed by atoms with Crippen molar-refractivity contribution in [2.75, 3.05) is 0 Å². The van der Waals surface area contributed by atoms with Crippen LogP contribution in [0.1, 0.15) is 42.7 Å². The second-order valence-corrected chi connectivity index (χ2v) is 3.65. The van der Waals surface area contributed by atoms with Gasteiger partial charge >= 0.3 is 0 Å². The van der Waals surface area contributed by atoms with Crippen LogP contribution >= 0.6 is 11.6 Å². The molecule has 11 heavy (non-hydrogen) atoms. The summed E-state index contributed by atoms with van der Waals surface area (Å²) in [6, 6.07) is 0. The molecule has 1 aliphatic rings. The molecule has 0 spiro atoms. The van der Waals surface area contributed by atoms with Crippen LogP contribution in [0.2, 0.25) is 0 Å². The molecule has 0 bridgehead atoms. The summed E-state index contributed by atoms with van der Waals surface area (Å²) < 4.78 is 5.43. The van der Waals surface area contributed by atoms with E-state index in [9.17, 15) is 0 Å². The minimum Gasteiger partial charge on any atom is -0.444 e. The molecule has 0 aliphatic heterocycles. The van der Waals surface area contributed by atoms with Crippen LogP contribution in [0.15, 0.2) is 10.6 Å². The summed E-state index contributed by atoms with van der Waals surface area (Å²) in [7, 11) is 0. The fourth-order valence-corrected chi connectivity index (χ4v) is 1.14. The van der Waals surface area contributed by atoms with Gasteiger partial charge in [-0.3, -0.25) is 0 Å². The van der Waals surface area contributed by atoms with E-state index in [1.54, 1.807) is 6.20 Å². The van der Waals surface area contributed by atoms with E-state index in [-0.39, 0.29) is 5.38 Å². The molecule has 1 aromatic heterocycles. The molecule has 1 aliphatic carbocycles. The van der Waals surface area contributed by atoms with Gasteiger partial charge in [-0.15, -0.1) is 11.6 Å². The number of nitrogens with zero attached hydrogens (tertiary/aromatic N) is 1. The summed E-state index contributed by atoms with van der Waals surface area (Å²) in [4.78, 5) is 4.08. The lowest BCUT2D eigenvalue weighted by atomic mass is 10.3. The van der Waals surface area contributed by atoms with E-state index in [4.69, 9.17) is 16.0 Å². The smallest absolute Gasteiger partial charge is 0.212 e. The first-order chi connectivity index (χ1) is 5.27. The SMILES string of the molecule is CC(Cl)c1ncc(C2CC2)o1. The molecule has 3 heteroatoms. The van der Waals surface area contributed by atoms with Crippen molar-refractivity contribution in [2.45, 2.75) is 31.1 Å². The molecule has 2 rings (SSSR count). The third-order valence-corrected chi connectivity index (χ3v) is 2.05. The molecule has 1 fully saturated rings. The molecular formula is C8H10ClNO. The highest BCUT2D eigenvalue weighted by Crippen LogP contribution is 2.40. The first-order valence-electron chi connectivity index (χ1n) is 3.87. The summed E-state index contributed by atoms with van der Waals surface area (Å²) in [5.74, 6) is 2.28. The van der Waals surface area contributed by atoms with Gasteiger partial charge in [0.15, 0.2) is 0 Å². The molecule has 0 amide bonds. The van der Waals surface area contributed by atoms with Crippen molar-refractivity contribution in [3.05, 3.63) is 17.8 Å². The fraction of sp³-hybridized carbons (Fsp3) is 0.625. The minimum absolute atomic E-state index is 0.109. The summed E-state index contributed by atoms with van der Waals surface area (Å²) >= 11 is 5.79. The first-order valence-corrected chi connectivity index (χ1v) is 4.30. The molecule has 0 N–H and O–H groups in total. The second kappa shape index (κ2) is 2.52. The van der Waals surface area contributed by atoms with Crippen LogP contribution in [-0.4, -0.2) is 4.98 Å². The molecule has 1 aromatic rings. The quantitative estimate of drug-likeness (QED) is 0.640. The Morgan fingerprint density at radius 2 is 2.45 bits per heavy atom. The molecule has 60 valence electrons. The van der Waals surface area contributed by atoms with Crippen molar-refractivity contribution in [3.63, 3.8) is 0 Å². The van der Waals surface area contributed by atoms with Crippen LogP contribution < -0.4 is 0 Å². The number of rotatable bonds is 2. The van der Waals surface area contributed by atoms with Gasteiger partial charge in [-0.2, -0.15) is 0 Å². The summed E-state index contributed by atoms with van der Waals surface area (Å²) in [5.41, 5.74) is 0. The van der Waals surface area contributed by atoms with E-state index >= 15 is 0 Å². The van der Waals surface area contributed by atoms with Crippen LogP contribution in [0.5, 0.6) is 0 Å². The molecule has 0 radical (unpaired) electrons. The van der Waals surface area contributed by atoms with E-state index in [2.05, 4.69) is 4.98 Å². The maximum atomic E-state index is 5.79. The van der Waals surface area contributed by atoms with Crippen LogP contribution in [0.4, 0.5) is 0 Å². The van der Waals surface area contributed by atoms with Gasteiger partial charge in [-0.1, -0.05) is 0 Å². The van der Waals surface area contributed by atoms with Gasteiger partial charge in [0.1, 0.15) is 11.1 Å². The third kappa shape index (κ3) is 1.41. The van der Waals surface area contributed by atoms with Gasteiger partial charge in [-0.25, -0.2) is 4.98 Å². The Morgan fingerprint density at radius 1 is 1.73 bits per heavy atom. The van der Waals surface area contributed by atoms with Crippen LogP contribution in [-0.2, 0) is 0 Å². The van der Waals surface area contributed by atoms with E-state index in [1.165, 1.54) is 12.8 Å². The Bertz CT molecular complexity index is 236. The monoisotopic (exact) mass is 171 g/mol. The van der Waals surface area contributed by atoms with Crippen molar-refractivity contribution in [1.82, 2.24) is 4.98 Å². The molecule has 1 unspecified atom stereocenters. The zero-order chi connectivity index (χ0) is 7.84. The lowest BCUT2D eigenvalue weighted by Crippen LogP contribution is -1.80.